The molecule has 0 bridgehead atoms. The number of esters is 1. The predicted molar refractivity (Wildman–Crippen MR) is 120 cm³/mol. The maximum Gasteiger partial charge on any atom is 0.341 e. The van der Waals surface area contributed by atoms with Gasteiger partial charge in [-0.15, -0.1) is 11.3 Å². The molecule has 0 aliphatic carbocycles. The zero-order chi connectivity index (χ0) is 20.1. The van der Waals surface area contributed by atoms with Crippen LogP contribution in [0.25, 0.3) is 0 Å². The highest BCUT2D eigenvalue weighted by atomic mass is 32.1. The van der Waals surface area contributed by atoms with Gasteiger partial charge in [0.15, 0.2) is 5.11 Å². The number of thiocarbonyl (C=S) groups is 1. The van der Waals surface area contributed by atoms with Gasteiger partial charge in [0.1, 0.15) is 5.00 Å². The predicted octanol–water partition coefficient (Wildman–Crippen LogP) is 5.48. The molecule has 1 saturated heterocycles. The number of carbonyl (C=O) groups excluding carboxylic acids is 1. The van der Waals surface area contributed by atoms with E-state index >= 15 is 0 Å². The van der Waals surface area contributed by atoms with E-state index in [0.717, 1.165) is 29.1 Å². The number of hydrogen-bond donors (Lipinski definition) is 1. The zero-order valence-corrected chi connectivity index (χ0v) is 18.4. The van der Waals surface area contributed by atoms with E-state index in [9.17, 15) is 4.79 Å². The molecule has 0 saturated carbocycles. The van der Waals surface area contributed by atoms with E-state index in [0.29, 0.717) is 29.4 Å². The second-order valence-corrected chi connectivity index (χ2v) is 8.83. The molecular formula is C22H28N2O2S2. The second kappa shape index (κ2) is 9.52. The van der Waals surface area contributed by atoms with Crippen molar-refractivity contribution < 1.29 is 9.53 Å². The smallest absolute Gasteiger partial charge is 0.341 e. The highest BCUT2D eigenvalue weighted by Gasteiger charge is 2.28. The molecule has 4 nitrogen and oxygen atoms in total. The number of hydrogen-bond acceptors (Lipinski definition) is 4. The fourth-order valence-electron chi connectivity index (χ4n) is 3.76. The Hall–Kier alpha value is -1.92. The van der Waals surface area contributed by atoms with Crippen molar-refractivity contribution in [3.63, 3.8) is 0 Å². The standard InChI is InChI=1S/C22H28N2O2S2/c1-4-26-21(25)19-14-18(13-17-11-6-5-7-12-17)28-20(19)23-22(27)24-15(2)9-8-10-16(24)3/h5-7,11-12,14-16H,4,8-10,13H2,1-3H3,(H,23,27)/t15-,16-/m1/s1. The number of likely N-dealkylation sites (tertiary alicyclic amines) is 1. The molecule has 0 spiro atoms. The lowest BCUT2D eigenvalue weighted by Gasteiger charge is -2.40. The van der Waals surface area contributed by atoms with Gasteiger partial charge in [0.2, 0.25) is 0 Å². The van der Waals surface area contributed by atoms with E-state index < -0.39 is 0 Å². The van der Waals surface area contributed by atoms with Crippen LogP contribution >= 0.6 is 23.6 Å². The first-order chi connectivity index (χ1) is 13.5. The monoisotopic (exact) mass is 416 g/mol. The summed E-state index contributed by atoms with van der Waals surface area (Å²) in [6.07, 6.45) is 4.29. The summed E-state index contributed by atoms with van der Waals surface area (Å²) in [6.45, 7) is 6.60. The molecule has 3 rings (SSSR count). The van der Waals surface area contributed by atoms with Crippen LogP contribution in [0.5, 0.6) is 0 Å². The van der Waals surface area contributed by atoms with Crippen LogP contribution in [0.3, 0.4) is 0 Å². The highest BCUT2D eigenvalue weighted by Crippen LogP contribution is 2.32. The molecule has 0 amide bonds. The van der Waals surface area contributed by atoms with Gasteiger partial charge in [-0.25, -0.2) is 4.79 Å². The SMILES string of the molecule is CCOC(=O)c1cc(Cc2ccccc2)sc1NC(=S)N1[C@H](C)CCC[C@H]1C. The Labute approximate surface area is 176 Å². The van der Waals surface area contributed by atoms with E-state index in [2.05, 4.69) is 36.2 Å². The molecular weight excluding hydrogens is 388 g/mol. The Morgan fingerprint density at radius 2 is 1.93 bits per heavy atom. The summed E-state index contributed by atoms with van der Waals surface area (Å²) in [5.74, 6) is -0.303. The van der Waals surface area contributed by atoms with Crippen molar-refractivity contribution in [3.8, 4) is 0 Å². The molecule has 0 radical (unpaired) electrons. The summed E-state index contributed by atoms with van der Waals surface area (Å²) in [5, 5.41) is 4.83. The lowest BCUT2D eigenvalue weighted by atomic mass is 9.98. The van der Waals surface area contributed by atoms with E-state index in [1.54, 1.807) is 11.3 Å². The van der Waals surface area contributed by atoms with Crippen molar-refractivity contribution in [2.24, 2.45) is 0 Å². The summed E-state index contributed by atoms with van der Waals surface area (Å²) in [4.78, 5) is 15.9. The molecule has 0 unspecified atom stereocenters. The minimum atomic E-state index is -0.303. The lowest BCUT2D eigenvalue weighted by Crippen LogP contribution is -2.49. The van der Waals surface area contributed by atoms with Crippen LogP contribution in [-0.4, -0.2) is 34.7 Å². The van der Waals surface area contributed by atoms with Crippen molar-refractivity contribution in [2.75, 3.05) is 11.9 Å². The van der Waals surface area contributed by atoms with E-state index in [1.807, 2.05) is 31.2 Å². The van der Waals surface area contributed by atoms with Crippen LogP contribution in [0.1, 0.15) is 60.8 Å². The molecule has 1 fully saturated rings. The fraction of sp³-hybridized carbons (Fsp3) is 0.455. The van der Waals surface area contributed by atoms with Gasteiger partial charge in [0.05, 0.1) is 12.2 Å². The number of anilines is 1. The van der Waals surface area contributed by atoms with Crippen molar-refractivity contribution >= 4 is 39.6 Å². The number of benzene rings is 1. The Balaban J connectivity index is 1.83. The average molecular weight is 417 g/mol. The average Bonchev–Trinajstić information content (AvgIpc) is 3.05. The van der Waals surface area contributed by atoms with Gasteiger partial charge < -0.3 is 15.0 Å². The molecule has 2 aromatic rings. The summed E-state index contributed by atoms with van der Waals surface area (Å²) >= 11 is 7.31. The van der Waals surface area contributed by atoms with Gasteiger partial charge in [0, 0.05) is 23.4 Å². The summed E-state index contributed by atoms with van der Waals surface area (Å²) in [5.41, 5.74) is 1.78. The number of carbonyl (C=O) groups is 1. The first-order valence-corrected chi connectivity index (χ1v) is 11.1. The number of thiophene rings is 1. The van der Waals surface area contributed by atoms with Gasteiger partial charge >= 0.3 is 5.97 Å². The molecule has 1 aliphatic rings. The Morgan fingerprint density at radius 3 is 2.57 bits per heavy atom. The number of piperidine rings is 1. The quantitative estimate of drug-likeness (QED) is 0.517. The van der Waals surface area contributed by atoms with Gasteiger partial charge in [-0.2, -0.15) is 0 Å². The molecule has 1 aliphatic heterocycles. The zero-order valence-electron chi connectivity index (χ0n) is 16.7. The van der Waals surface area contributed by atoms with Crippen molar-refractivity contribution in [1.29, 1.82) is 0 Å². The molecule has 28 heavy (non-hydrogen) atoms. The molecule has 1 N–H and O–H groups in total. The maximum atomic E-state index is 12.5. The first-order valence-electron chi connectivity index (χ1n) is 9.92. The molecule has 2 heterocycles. The molecule has 150 valence electrons. The number of rotatable bonds is 5. The van der Waals surface area contributed by atoms with Crippen LogP contribution < -0.4 is 5.32 Å². The Kier molecular flexibility index (Phi) is 7.08. The normalized spacial score (nSPS) is 19.3. The highest BCUT2D eigenvalue weighted by molar-refractivity contribution is 7.80. The summed E-state index contributed by atoms with van der Waals surface area (Å²) < 4.78 is 5.27. The lowest BCUT2D eigenvalue weighted by molar-refractivity contribution is 0.0528. The molecule has 6 heteroatoms. The van der Waals surface area contributed by atoms with Gasteiger partial charge in [0.25, 0.3) is 0 Å². The van der Waals surface area contributed by atoms with E-state index in [-0.39, 0.29) is 5.97 Å². The third kappa shape index (κ3) is 4.92. The molecule has 1 aromatic carbocycles. The van der Waals surface area contributed by atoms with Crippen LogP contribution in [0.4, 0.5) is 5.00 Å². The maximum absolute atomic E-state index is 12.5. The van der Waals surface area contributed by atoms with Gasteiger partial charge in [-0.3, -0.25) is 0 Å². The minimum absolute atomic E-state index is 0.303. The Bertz CT molecular complexity index is 809. The van der Waals surface area contributed by atoms with E-state index in [1.165, 1.54) is 12.0 Å². The molecule has 2 atom stereocenters. The third-order valence-corrected chi connectivity index (χ3v) is 6.51. The van der Waals surface area contributed by atoms with Gasteiger partial charge in [-0.05, 0) is 63.9 Å². The number of nitrogens with one attached hydrogen (secondary N) is 1. The van der Waals surface area contributed by atoms with Crippen LogP contribution in [0, 0.1) is 0 Å². The van der Waals surface area contributed by atoms with Crippen LogP contribution in [0.15, 0.2) is 36.4 Å². The van der Waals surface area contributed by atoms with Crippen LogP contribution in [-0.2, 0) is 11.2 Å². The largest absolute Gasteiger partial charge is 0.462 e. The number of ether oxygens (including phenoxy) is 1. The summed E-state index contributed by atoms with van der Waals surface area (Å²) in [6, 6.07) is 13.0. The second-order valence-electron chi connectivity index (χ2n) is 7.30. The number of nitrogens with zero attached hydrogens (tertiary/aromatic N) is 1. The van der Waals surface area contributed by atoms with Crippen LogP contribution in [0.2, 0.25) is 0 Å². The van der Waals surface area contributed by atoms with Crippen molar-refractivity contribution in [2.45, 2.75) is 58.5 Å². The molecule has 1 aromatic heterocycles. The third-order valence-electron chi connectivity index (χ3n) is 5.15. The van der Waals surface area contributed by atoms with Crippen molar-refractivity contribution in [1.82, 2.24) is 4.90 Å². The van der Waals surface area contributed by atoms with Crippen molar-refractivity contribution in [3.05, 3.63) is 52.4 Å². The van der Waals surface area contributed by atoms with E-state index in [4.69, 9.17) is 17.0 Å². The first kappa shape index (κ1) is 20.8. The van der Waals surface area contributed by atoms with Gasteiger partial charge in [-0.1, -0.05) is 30.3 Å². The minimum Gasteiger partial charge on any atom is -0.462 e. The topological polar surface area (TPSA) is 41.6 Å². The summed E-state index contributed by atoms with van der Waals surface area (Å²) in [7, 11) is 0. The Morgan fingerprint density at radius 1 is 1.25 bits per heavy atom. The fourth-order valence-corrected chi connectivity index (χ4v) is 5.37.